The molecule has 0 saturated carbocycles. The molecule has 2 nitrogen and oxygen atoms in total. The van der Waals surface area contributed by atoms with E-state index in [9.17, 15) is 0 Å². The molecule has 15 heavy (non-hydrogen) atoms. The molecule has 1 rings (SSSR count). The van der Waals surface area contributed by atoms with Crippen LogP contribution in [0.5, 0.6) is 0 Å². The molecule has 1 aromatic carbocycles. The van der Waals surface area contributed by atoms with Crippen LogP contribution in [0.1, 0.15) is 25.0 Å². The Morgan fingerprint density at radius 1 is 1.20 bits per heavy atom. The molecular formula is C13H22O2. The van der Waals surface area contributed by atoms with Crippen LogP contribution in [0.3, 0.4) is 0 Å². The highest BCUT2D eigenvalue weighted by Gasteiger charge is 1.99. The molecule has 0 aliphatic carbocycles. The van der Waals surface area contributed by atoms with Gasteiger partial charge in [0, 0.05) is 12.7 Å². The third-order valence-corrected chi connectivity index (χ3v) is 1.69. The molecule has 0 amide bonds. The van der Waals surface area contributed by atoms with Crippen molar-refractivity contribution in [2.24, 2.45) is 0 Å². The predicted octanol–water partition coefficient (Wildman–Crippen LogP) is 3.25. The van der Waals surface area contributed by atoms with Crippen molar-refractivity contribution in [2.45, 2.75) is 20.8 Å². The fourth-order valence-corrected chi connectivity index (χ4v) is 0.996. The van der Waals surface area contributed by atoms with Crippen LogP contribution in [0.25, 0.3) is 5.76 Å². The molecule has 0 fully saturated rings. The standard InChI is InChI=1S/C10H12O.C2H6.CH4O/c1-8-6-4-5-7-10(8)9(2)11-3;2*1-2/h4-7H,2H2,1,3H3;1-2H3;2H,1H3. The molecule has 0 unspecified atom stereocenters. The second kappa shape index (κ2) is 10.8. The summed E-state index contributed by atoms with van der Waals surface area (Å²) in [5.74, 6) is 0.725. The van der Waals surface area contributed by atoms with Crippen LogP contribution >= 0.6 is 0 Å². The molecule has 0 atom stereocenters. The van der Waals surface area contributed by atoms with Gasteiger partial charge in [-0.05, 0) is 12.5 Å². The van der Waals surface area contributed by atoms with E-state index in [0.717, 1.165) is 18.4 Å². The Hall–Kier alpha value is -1.28. The van der Waals surface area contributed by atoms with Gasteiger partial charge >= 0.3 is 0 Å². The Morgan fingerprint density at radius 2 is 1.67 bits per heavy atom. The minimum atomic E-state index is 0.725. The first kappa shape index (κ1) is 16.2. The van der Waals surface area contributed by atoms with Gasteiger partial charge in [0.05, 0.1) is 7.11 Å². The fraction of sp³-hybridized carbons (Fsp3) is 0.385. The number of hydrogen-bond acceptors (Lipinski definition) is 2. The lowest BCUT2D eigenvalue weighted by Gasteiger charge is -2.06. The number of rotatable bonds is 2. The van der Waals surface area contributed by atoms with Gasteiger partial charge in [-0.25, -0.2) is 0 Å². The Morgan fingerprint density at radius 3 is 2.07 bits per heavy atom. The van der Waals surface area contributed by atoms with Gasteiger partial charge in [-0.1, -0.05) is 44.7 Å². The topological polar surface area (TPSA) is 29.5 Å². The van der Waals surface area contributed by atoms with Gasteiger partial charge in [-0.2, -0.15) is 0 Å². The van der Waals surface area contributed by atoms with Gasteiger partial charge in [0.25, 0.3) is 0 Å². The van der Waals surface area contributed by atoms with Crippen molar-refractivity contribution < 1.29 is 9.84 Å². The fourth-order valence-electron chi connectivity index (χ4n) is 0.996. The Bertz CT molecular complexity index is 267. The van der Waals surface area contributed by atoms with E-state index in [-0.39, 0.29) is 0 Å². The maximum atomic E-state index is 7.00. The number of ether oxygens (including phenoxy) is 1. The lowest BCUT2D eigenvalue weighted by molar-refractivity contribution is 0.371. The van der Waals surface area contributed by atoms with Gasteiger partial charge in [-0.3, -0.25) is 0 Å². The van der Waals surface area contributed by atoms with Crippen LogP contribution in [0.15, 0.2) is 30.8 Å². The van der Waals surface area contributed by atoms with Crippen molar-refractivity contribution in [1.82, 2.24) is 0 Å². The molecule has 2 heteroatoms. The Labute approximate surface area is 93.2 Å². The third kappa shape index (κ3) is 5.92. The molecule has 0 aliphatic heterocycles. The van der Waals surface area contributed by atoms with E-state index in [1.165, 1.54) is 5.56 Å². The predicted molar refractivity (Wildman–Crippen MR) is 66.7 cm³/mol. The summed E-state index contributed by atoms with van der Waals surface area (Å²) in [5.41, 5.74) is 2.27. The summed E-state index contributed by atoms with van der Waals surface area (Å²) in [7, 11) is 2.63. The SMILES string of the molecule is C=C(OC)c1ccccc1C.CC.CO. The van der Waals surface area contributed by atoms with E-state index in [1.807, 2.05) is 45.0 Å². The van der Waals surface area contributed by atoms with Crippen molar-refractivity contribution >= 4 is 5.76 Å². The average Bonchev–Trinajstić information content (AvgIpc) is 2.34. The van der Waals surface area contributed by atoms with Crippen molar-refractivity contribution in [1.29, 1.82) is 0 Å². The van der Waals surface area contributed by atoms with E-state index in [0.29, 0.717) is 0 Å². The zero-order chi connectivity index (χ0) is 12.3. The minimum Gasteiger partial charge on any atom is -0.497 e. The maximum absolute atomic E-state index is 7.00. The zero-order valence-corrected chi connectivity index (χ0v) is 10.4. The van der Waals surface area contributed by atoms with Crippen molar-refractivity contribution in [3.63, 3.8) is 0 Å². The van der Waals surface area contributed by atoms with E-state index >= 15 is 0 Å². The highest BCUT2D eigenvalue weighted by molar-refractivity contribution is 5.60. The summed E-state index contributed by atoms with van der Waals surface area (Å²) in [4.78, 5) is 0. The average molecular weight is 210 g/mol. The first-order chi connectivity index (χ1) is 7.25. The van der Waals surface area contributed by atoms with Crippen molar-refractivity contribution in [2.75, 3.05) is 14.2 Å². The summed E-state index contributed by atoms with van der Waals surface area (Å²) in [6.45, 7) is 9.82. The highest BCUT2D eigenvalue weighted by Crippen LogP contribution is 2.16. The summed E-state index contributed by atoms with van der Waals surface area (Å²) < 4.78 is 5.02. The molecule has 86 valence electrons. The van der Waals surface area contributed by atoms with Crippen LogP contribution < -0.4 is 0 Å². The summed E-state index contributed by atoms with van der Waals surface area (Å²) in [5, 5.41) is 7.00. The van der Waals surface area contributed by atoms with E-state index < -0.39 is 0 Å². The normalized spacial score (nSPS) is 7.60. The number of benzene rings is 1. The molecule has 0 saturated heterocycles. The second-order valence-electron chi connectivity index (χ2n) is 2.44. The largest absolute Gasteiger partial charge is 0.497 e. The van der Waals surface area contributed by atoms with Crippen LogP contribution in [0.4, 0.5) is 0 Å². The summed E-state index contributed by atoms with van der Waals surface area (Å²) in [6, 6.07) is 8.02. The van der Waals surface area contributed by atoms with Gasteiger partial charge in [0.1, 0.15) is 5.76 Å². The first-order valence-corrected chi connectivity index (χ1v) is 4.99. The zero-order valence-electron chi connectivity index (χ0n) is 10.4. The Kier molecular flexibility index (Phi) is 11.6. The minimum absolute atomic E-state index is 0.725. The molecule has 0 aromatic heterocycles. The lowest BCUT2D eigenvalue weighted by Crippen LogP contribution is -1.88. The van der Waals surface area contributed by atoms with E-state index in [1.54, 1.807) is 7.11 Å². The van der Waals surface area contributed by atoms with Crippen LogP contribution in [0, 0.1) is 6.92 Å². The van der Waals surface area contributed by atoms with E-state index in [4.69, 9.17) is 9.84 Å². The molecule has 0 spiro atoms. The number of hydrogen-bond donors (Lipinski definition) is 1. The smallest absolute Gasteiger partial charge is 0.119 e. The number of methoxy groups -OCH3 is 1. The monoisotopic (exact) mass is 210 g/mol. The maximum Gasteiger partial charge on any atom is 0.119 e. The molecule has 1 aromatic rings. The third-order valence-electron chi connectivity index (χ3n) is 1.69. The second-order valence-corrected chi connectivity index (χ2v) is 2.44. The van der Waals surface area contributed by atoms with Gasteiger partial charge in [0.2, 0.25) is 0 Å². The number of aryl methyl sites for hydroxylation is 1. The molecule has 1 N–H and O–H groups in total. The quantitative estimate of drug-likeness (QED) is 0.759. The molecule has 0 bridgehead atoms. The lowest BCUT2D eigenvalue weighted by atomic mass is 10.1. The van der Waals surface area contributed by atoms with E-state index in [2.05, 4.69) is 6.58 Å². The van der Waals surface area contributed by atoms with Crippen molar-refractivity contribution in [3.05, 3.63) is 42.0 Å². The molecular weight excluding hydrogens is 188 g/mol. The first-order valence-electron chi connectivity index (χ1n) is 4.99. The van der Waals surface area contributed by atoms with Gasteiger partial charge in [0.15, 0.2) is 0 Å². The summed E-state index contributed by atoms with van der Waals surface area (Å²) in [6.07, 6.45) is 0. The number of aliphatic hydroxyl groups excluding tert-OH is 1. The molecule has 0 heterocycles. The van der Waals surface area contributed by atoms with Crippen molar-refractivity contribution in [3.8, 4) is 0 Å². The number of aliphatic hydroxyl groups is 1. The van der Waals surface area contributed by atoms with Crippen LogP contribution in [0.2, 0.25) is 0 Å². The Balaban J connectivity index is 0. The van der Waals surface area contributed by atoms with Crippen LogP contribution in [-0.2, 0) is 4.74 Å². The van der Waals surface area contributed by atoms with Gasteiger partial charge < -0.3 is 9.84 Å². The highest BCUT2D eigenvalue weighted by atomic mass is 16.5. The molecule has 0 radical (unpaired) electrons. The summed E-state index contributed by atoms with van der Waals surface area (Å²) >= 11 is 0. The molecule has 0 aliphatic rings. The van der Waals surface area contributed by atoms with Gasteiger partial charge in [-0.15, -0.1) is 0 Å². The van der Waals surface area contributed by atoms with Crippen LogP contribution in [-0.4, -0.2) is 19.3 Å².